The van der Waals surface area contributed by atoms with E-state index in [4.69, 9.17) is 28.0 Å². The number of ether oxygens (including phenoxy) is 4. The third-order valence-corrected chi connectivity index (χ3v) is 13.6. The van der Waals surface area contributed by atoms with Gasteiger partial charge < -0.3 is 32.9 Å². The zero-order chi connectivity index (χ0) is 46.7. The highest BCUT2D eigenvalue weighted by Crippen LogP contribution is 2.57. The third-order valence-electron chi connectivity index (χ3n) is 11.5. The summed E-state index contributed by atoms with van der Waals surface area (Å²) in [6.45, 7) is 8.91. The van der Waals surface area contributed by atoms with Crippen molar-refractivity contribution in [2.45, 2.75) is 88.9 Å². The molecule has 5 atom stereocenters. The predicted molar refractivity (Wildman–Crippen MR) is 235 cm³/mol. The Morgan fingerprint density at radius 3 is 2.09 bits per heavy atom. The second kappa shape index (κ2) is 19.4. The number of fused-ring (bicyclic) bond motifs is 2. The van der Waals surface area contributed by atoms with Crippen LogP contribution in [0.2, 0.25) is 0 Å². The number of morpholine rings is 1. The van der Waals surface area contributed by atoms with Gasteiger partial charge in [0.1, 0.15) is 40.5 Å². The van der Waals surface area contributed by atoms with Gasteiger partial charge in [-0.15, -0.1) is 0 Å². The van der Waals surface area contributed by atoms with E-state index in [2.05, 4.69) is 21.0 Å². The average Bonchev–Trinajstić information content (AvgIpc) is 3.76. The lowest BCUT2D eigenvalue weighted by molar-refractivity contribution is -0.157. The summed E-state index contributed by atoms with van der Waals surface area (Å²) < 4.78 is 85.5. The Labute approximate surface area is 375 Å². The lowest BCUT2D eigenvalue weighted by atomic mass is 9.79. The first-order valence-electron chi connectivity index (χ1n) is 21.0. The van der Waals surface area contributed by atoms with Crippen LogP contribution in [0.4, 0.5) is 19.1 Å². The molecule has 0 spiro atoms. The van der Waals surface area contributed by atoms with E-state index in [0.717, 1.165) is 12.3 Å². The van der Waals surface area contributed by atoms with E-state index in [1.807, 2.05) is 111 Å². The van der Waals surface area contributed by atoms with Gasteiger partial charge in [-0.2, -0.15) is 18.4 Å². The highest BCUT2D eigenvalue weighted by molar-refractivity contribution is 7.44. The molecular weight excluding hydrogens is 867 g/mol. The van der Waals surface area contributed by atoms with Crippen LogP contribution in [-0.4, -0.2) is 88.0 Å². The van der Waals surface area contributed by atoms with E-state index < -0.39 is 61.2 Å². The Morgan fingerprint density at radius 1 is 0.938 bits per heavy atom. The van der Waals surface area contributed by atoms with Gasteiger partial charge in [-0.1, -0.05) is 54.6 Å². The fraction of sp³-hybridized carbons (Fsp3) is 0.413. The van der Waals surface area contributed by atoms with E-state index in [0.29, 0.717) is 28.2 Å². The predicted octanol–water partition coefficient (Wildman–Crippen LogP) is 7.50. The first kappa shape index (κ1) is 47.3. The highest BCUT2D eigenvalue weighted by atomic mass is 31.2. The quantitative estimate of drug-likeness (QED) is 0.0522. The van der Waals surface area contributed by atoms with Crippen molar-refractivity contribution in [1.82, 2.24) is 24.2 Å². The van der Waals surface area contributed by atoms with Crippen molar-refractivity contribution in [1.29, 1.82) is 5.26 Å². The van der Waals surface area contributed by atoms with Gasteiger partial charge in [-0.05, 0) is 81.6 Å². The molecule has 15 nitrogen and oxygen atoms in total. The van der Waals surface area contributed by atoms with Gasteiger partial charge in [0.2, 0.25) is 5.95 Å². The minimum Gasteiger partial charge on any atom is -0.497 e. The maximum absolute atomic E-state index is 14.3. The monoisotopic (exact) mass is 917 g/mol. The number of halogens is 3. The molecule has 65 heavy (non-hydrogen) atoms. The molecule has 0 amide bonds. The van der Waals surface area contributed by atoms with Crippen LogP contribution in [0.25, 0.3) is 0 Å². The van der Waals surface area contributed by atoms with Crippen molar-refractivity contribution in [3.63, 3.8) is 0 Å². The number of aryl methyl sites for hydroxylation is 1. The number of alkyl halides is 3. The van der Waals surface area contributed by atoms with Gasteiger partial charge in [-0.3, -0.25) is 14.3 Å². The number of rotatable bonds is 18. The van der Waals surface area contributed by atoms with E-state index in [1.165, 1.54) is 22.6 Å². The topological polar surface area (TPSA) is 166 Å². The minimum atomic E-state index is -4.82. The lowest BCUT2D eigenvalue weighted by Crippen LogP contribution is -2.52. The number of H-pyrrole nitrogens is 1. The molecule has 2 bridgehead atoms. The molecule has 5 aromatic rings. The largest absolute Gasteiger partial charge is 0.497 e. The van der Waals surface area contributed by atoms with Crippen LogP contribution in [0, 0.1) is 18.3 Å². The maximum Gasteiger partial charge on any atom is 0.433 e. The summed E-state index contributed by atoms with van der Waals surface area (Å²) >= 11 is 0. The zero-order valence-corrected chi connectivity index (χ0v) is 37.9. The van der Waals surface area contributed by atoms with Gasteiger partial charge in [0.25, 0.3) is 14.1 Å². The molecule has 0 aliphatic carbocycles. The van der Waals surface area contributed by atoms with Crippen molar-refractivity contribution in [2.75, 3.05) is 38.9 Å². The van der Waals surface area contributed by atoms with Gasteiger partial charge in [0.15, 0.2) is 6.23 Å². The smallest absolute Gasteiger partial charge is 0.433 e. The van der Waals surface area contributed by atoms with Gasteiger partial charge in [0.05, 0.1) is 46.5 Å². The summed E-state index contributed by atoms with van der Waals surface area (Å²) in [5.74, 6) is 0.892. The Kier molecular flexibility index (Phi) is 14.1. The zero-order valence-electron chi connectivity index (χ0n) is 37.0. The summed E-state index contributed by atoms with van der Waals surface area (Å²) in [7, 11) is 1.09. The summed E-state index contributed by atoms with van der Waals surface area (Å²) in [6.07, 6.45) is -4.86. The van der Waals surface area contributed by atoms with Crippen LogP contribution in [0.5, 0.6) is 11.5 Å². The standard InChI is InChI=1S/C46H51F3N7O8P/c1-29(2)56(30(3)4)65(62-25-11-23-50)64-39-38-41(54-26-31(5)40(57)53-43(54)58)63-44(39,27-55(38)42-51-24-22-37(52-42)46(47,48)49)28-61-45(32-12-9-8-10-13-32,33-14-18-35(59-6)19-15-33)34-16-20-36(60-7)21-17-34/h8-10,12-22,24,26,29-30,38-39,41H,11,25,27-28H2,1-7H3,(H,53,57,58)/t38-,39+,41-,44-,65?/m1/s1. The number of nitriles is 1. The van der Waals surface area contributed by atoms with Crippen LogP contribution < -0.4 is 25.6 Å². The van der Waals surface area contributed by atoms with E-state index in [9.17, 15) is 28.0 Å². The van der Waals surface area contributed by atoms with Gasteiger partial charge >= 0.3 is 11.9 Å². The van der Waals surface area contributed by atoms with Crippen LogP contribution in [0.15, 0.2) is 107 Å². The molecular formula is C46H51F3N7O8P. The molecule has 0 saturated carbocycles. The molecule has 2 saturated heterocycles. The second-order valence-electron chi connectivity index (χ2n) is 16.3. The first-order valence-corrected chi connectivity index (χ1v) is 22.1. The number of benzene rings is 3. The molecule has 1 unspecified atom stereocenters. The Bertz CT molecular complexity index is 2520. The van der Waals surface area contributed by atoms with Crippen LogP contribution in [0.3, 0.4) is 0 Å². The molecule has 2 aliphatic rings. The maximum atomic E-state index is 14.3. The summed E-state index contributed by atoms with van der Waals surface area (Å²) in [5.41, 5.74) is -3.40. The molecule has 4 heterocycles. The van der Waals surface area contributed by atoms with Crippen LogP contribution >= 0.6 is 8.53 Å². The fourth-order valence-electron chi connectivity index (χ4n) is 8.54. The van der Waals surface area contributed by atoms with Crippen molar-refractivity contribution in [3.8, 4) is 17.6 Å². The Balaban J connectivity index is 1.47. The number of aromatic amines is 1. The molecule has 344 valence electrons. The van der Waals surface area contributed by atoms with E-state index >= 15 is 0 Å². The summed E-state index contributed by atoms with van der Waals surface area (Å²) in [4.78, 5) is 38.8. The number of aromatic nitrogens is 4. The molecule has 2 aromatic heterocycles. The number of nitrogens with zero attached hydrogens (tertiary/aromatic N) is 6. The summed E-state index contributed by atoms with van der Waals surface area (Å²) in [6, 6.07) is 25.8. The first-order chi connectivity index (χ1) is 31.1. The minimum absolute atomic E-state index is 0.00834. The van der Waals surface area contributed by atoms with Crippen LogP contribution in [-0.2, 0) is 30.3 Å². The molecule has 0 radical (unpaired) electrons. The number of hydrogen-bond acceptors (Lipinski definition) is 13. The number of hydrogen-bond donors (Lipinski definition) is 1. The summed E-state index contributed by atoms with van der Waals surface area (Å²) in [5, 5.41) is 9.53. The van der Waals surface area contributed by atoms with Gasteiger partial charge in [0, 0.05) is 30.0 Å². The molecule has 2 aliphatic heterocycles. The Morgan fingerprint density at radius 2 is 1.54 bits per heavy atom. The molecule has 19 heteroatoms. The van der Waals surface area contributed by atoms with E-state index in [-0.39, 0.29) is 49.8 Å². The van der Waals surface area contributed by atoms with Crippen molar-refractivity contribution in [2.24, 2.45) is 0 Å². The van der Waals surface area contributed by atoms with Crippen molar-refractivity contribution < 1.29 is 41.2 Å². The van der Waals surface area contributed by atoms with Crippen molar-refractivity contribution >= 4 is 14.5 Å². The van der Waals surface area contributed by atoms with Crippen molar-refractivity contribution in [3.05, 3.63) is 146 Å². The van der Waals surface area contributed by atoms with Gasteiger partial charge in [-0.25, -0.2) is 19.4 Å². The third kappa shape index (κ3) is 9.40. The van der Waals surface area contributed by atoms with E-state index in [1.54, 1.807) is 14.2 Å². The molecule has 2 fully saturated rings. The molecule has 3 aromatic carbocycles. The molecule has 1 N–H and O–H groups in total. The Hall–Kier alpha value is -5.67. The van der Waals surface area contributed by atoms with Crippen LogP contribution in [0.1, 0.15) is 68.3 Å². The molecule has 7 rings (SSSR count). The normalized spacial score (nSPS) is 20.1. The SMILES string of the molecule is COc1ccc(C(OC[C@@]23CN(c4nccc(C(F)(F)F)n4)[C@@H]([C@H](n4cc(C)c(=O)[nH]c4=O)O2)[C@@H]3OP(OCCC#N)N(C(C)C)C(C)C)(c2ccccc2)c2ccc(OC)cc2)cc1. The second-order valence-corrected chi connectivity index (χ2v) is 17.7. The average molecular weight is 918 g/mol. The number of nitrogens with one attached hydrogen (secondary N) is 1. The lowest BCUT2D eigenvalue weighted by Gasteiger charge is -2.42. The highest BCUT2D eigenvalue weighted by Gasteiger charge is 2.68. The number of methoxy groups -OCH3 is 2. The number of anilines is 1. The fourth-order valence-corrected chi connectivity index (χ4v) is 10.4.